The lowest BCUT2D eigenvalue weighted by atomic mass is 9.88. The number of aliphatic hydroxyl groups is 3. The molecule has 0 aromatic rings. The van der Waals surface area contributed by atoms with Crippen LogP contribution in [0.15, 0.2) is 24.3 Å². The van der Waals surface area contributed by atoms with Crippen LogP contribution >= 0.6 is 0 Å². The molecule has 1 rings (SSSR count). The van der Waals surface area contributed by atoms with E-state index in [4.69, 9.17) is 0 Å². The first-order valence-electron chi connectivity index (χ1n) is 11.3. The number of methoxy groups -OCH3 is 1. The lowest BCUT2D eigenvalue weighted by molar-refractivity contribution is -0.140. The molecule has 5 heteroatoms. The van der Waals surface area contributed by atoms with Crippen molar-refractivity contribution in [2.24, 2.45) is 11.8 Å². The Morgan fingerprint density at radius 2 is 1.86 bits per heavy atom. The minimum absolute atomic E-state index is 0.0248. The van der Waals surface area contributed by atoms with Gasteiger partial charge in [0, 0.05) is 18.8 Å². The number of ether oxygens (including phenoxy) is 1. The minimum Gasteiger partial charge on any atom is -0.469 e. The molecule has 0 radical (unpaired) electrons. The maximum atomic E-state index is 11.1. The first-order chi connectivity index (χ1) is 13.8. The van der Waals surface area contributed by atoms with Crippen molar-refractivity contribution in [1.82, 2.24) is 0 Å². The van der Waals surface area contributed by atoms with E-state index in [1.54, 1.807) is 0 Å². The summed E-state index contributed by atoms with van der Waals surface area (Å²) in [6.07, 6.45) is 16.1. The van der Waals surface area contributed by atoms with Crippen LogP contribution in [0.1, 0.15) is 84.5 Å². The molecule has 1 aliphatic carbocycles. The number of carbonyl (C=O) groups excluding carboxylic acids is 1. The summed E-state index contributed by atoms with van der Waals surface area (Å²) < 4.78 is 4.63. The Labute approximate surface area is 176 Å². The number of rotatable bonds is 14. The standard InChI is InChI=1S/C24H42O5/c1-4-5-12-16-24(2,28)17-15-20-19(21(25)18-22(20)26)13-10-8-6-7-9-11-14-23(27)29-3/h8,10,15,17,19-22,25-26,28H,4-7,9,11-14,16,18H2,1-3H3/t19-,20+,21+,22-,24?/m1/s1. The molecule has 0 spiro atoms. The highest BCUT2D eigenvalue weighted by Gasteiger charge is 2.39. The van der Waals surface area contributed by atoms with Crippen molar-refractivity contribution in [1.29, 1.82) is 0 Å². The monoisotopic (exact) mass is 410 g/mol. The van der Waals surface area contributed by atoms with Crippen LogP contribution < -0.4 is 0 Å². The van der Waals surface area contributed by atoms with Crippen LogP contribution in [0.4, 0.5) is 0 Å². The summed E-state index contributed by atoms with van der Waals surface area (Å²) in [5.41, 5.74) is -0.868. The highest BCUT2D eigenvalue weighted by Crippen LogP contribution is 2.37. The van der Waals surface area contributed by atoms with Gasteiger partial charge in [0.15, 0.2) is 0 Å². The molecule has 0 amide bonds. The lowest BCUT2D eigenvalue weighted by Crippen LogP contribution is -2.24. The molecule has 0 saturated heterocycles. The Morgan fingerprint density at radius 1 is 1.10 bits per heavy atom. The predicted molar refractivity (Wildman–Crippen MR) is 116 cm³/mol. The van der Waals surface area contributed by atoms with Gasteiger partial charge >= 0.3 is 5.97 Å². The van der Waals surface area contributed by atoms with Gasteiger partial charge in [-0.05, 0) is 44.9 Å². The first-order valence-corrected chi connectivity index (χ1v) is 11.3. The van der Waals surface area contributed by atoms with Gasteiger partial charge in [-0.3, -0.25) is 4.79 Å². The summed E-state index contributed by atoms with van der Waals surface area (Å²) in [5, 5.41) is 31.2. The summed E-state index contributed by atoms with van der Waals surface area (Å²) in [6, 6.07) is 0. The van der Waals surface area contributed by atoms with E-state index in [2.05, 4.69) is 23.8 Å². The van der Waals surface area contributed by atoms with Crippen molar-refractivity contribution in [2.75, 3.05) is 7.11 Å². The Hall–Kier alpha value is -1.17. The fourth-order valence-electron chi connectivity index (χ4n) is 4.02. The topological polar surface area (TPSA) is 87.0 Å². The van der Waals surface area contributed by atoms with Gasteiger partial charge in [0.05, 0.1) is 24.9 Å². The smallest absolute Gasteiger partial charge is 0.305 e. The van der Waals surface area contributed by atoms with Gasteiger partial charge in [-0.2, -0.15) is 0 Å². The van der Waals surface area contributed by atoms with E-state index in [1.165, 1.54) is 7.11 Å². The quantitative estimate of drug-likeness (QED) is 0.226. The molecule has 0 bridgehead atoms. The second kappa shape index (κ2) is 13.9. The predicted octanol–water partition coefficient (Wildman–Crippen LogP) is 4.30. The minimum atomic E-state index is -0.868. The molecule has 0 heterocycles. The maximum Gasteiger partial charge on any atom is 0.305 e. The fraction of sp³-hybridized carbons (Fsp3) is 0.792. The van der Waals surface area contributed by atoms with Crippen LogP contribution in [0.3, 0.4) is 0 Å². The van der Waals surface area contributed by atoms with Gasteiger partial charge in [0.25, 0.3) is 0 Å². The van der Waals surface area contributed by atoms with E-state index in [9.17, 15) is 20.1 Å². The second-order valence-electron chi connectivity index (χ2n) is 8.67. The molecule has 1 aliphatic rings. The van der Waals surface area contributed by atoms with E-state index in [-0.39, 0.29) is 17.8 Å². The molecular weight excluding hydrogens is 368 g/mol. The maximum absolute atomic E-state index is 11.1. The van der Waals surface area contributed by atoms with Gasteiger partial charge in [0.1, 0.15) is 0 Å². The molecule has 1 fully saturated rings. The Balaban J connectivity index is 2.43. The van der Waals surface area contributed by atoms with Crippen LogP contribution in [-0.2, 0) is 9.53 Å². The third kappa shape index (κ3) is 10.4. The molecule has 1 unspecified atom stereocenters. The van der Waals surface area contributed by atoms with Crippen molar-refractivity contribution < 1.29 is 24.9 Å². The van der Waals surface area contributed by atoms with E-state index in [0.29, 0.717) is 25.7 Å². The molecule has 0 aromatic heterocycles. The van der Waals surface area contributed by atoms with E-state index in [0.717, 1.165) is 44.9 Å². The Morgan fingerprint density at radius 3 is 2.55 bits per heavy atom. The van der Waals surface area contributed by atoms with Crippen LogP contribution in [0.5, 0.6) is 0 Å². The van der Waals surface area contributed by atoms with Gasteiger partial charge in [-0.15, -0.1) is 0 Å². The average Bonchev–Trinajstić information content (AvgIpc) is 2.94. The van der Waals surface area contributed by atoms with Crippen molar-refractivity contribution in [3.63, 3.8) is 0 Å². The highest BCUT2D eigenvalue weighted by molar-refractivity contribution is 5.68. The first kappa shape index (κ1) is 25.9. The average molecular weight is 411 g/mol. The fourth-order valence-corrected chi connectivity index (χ4v) is 4.02. The SMILES string of the molecule is CCCCCC(C)(O)C=C[C@H]1[C@@H](CC=CCCCCCC(=O)OC)[C@@H](O)C[C@H]1O. The number of hydrogen-bond donors (Lipinski definition) is 3. The number of hydrogen-bond acceptors (Lipinski definition) is 5. The third-order valence-corrected chi connectivity index (χ3v) is 5.93. The number of unbranched alkanes of at least 4 members (excludes halogenated alkanes) is 5. The molecular formula is C24H42O5. The Bertz CT molecular complexity index is 511. The zero-order valence-corrected chi connectivity index (χ0v) is 18.6. The van der Waals surface area contributed by atoms with E-state index in [1.807, 2.05) is 19.1 Å². The van der Waals surface area contributed by atoms with Gasteiger partial charge in [-0.1, -0.05) is 56.9 Å². The van der Waals surface area contributed by atoms with Gasteiger partial charge in [-0.25, -0.2) is 0 Å². The lowest BCUT2D eigenvalue weighted by Gasteiger charge is -2.23. The third-order valence-electron chi connectivity index (χ3n) is 5.93. The summed E-state index contributed by atoms with van der Waals surface area (Å²) >= 11 is 0. The van der Waals surface area contributed by atoms with Gasteiger partial charge < -0.3 is 20.1 Å². The summed E-state index contributed by atoms with van der Waals surface area (Å²) in [4.78, 5) is 11.1. The van der Waals surface area contributed by atoms with E-state index < -0.39 is 17.8 Å². The van der Waals surface area contributed by atoms with Gasteiger partial charge in [0.2, 0.25) is 0 Å². The molecule has 0 aromatic carbocycles. The molecule has 3 N–H and O–H groups in total. The number of aliphatic hydroxyl groups excluding tert-OH is 2. The molecule has 0 aliphatic heterocycles. The summed E-state index contributed by atoms with van der Waals surface area (Å²) in [6.45, 7) is 3.95. The van der Waals surface area contributed by atoms with E-state index >= 15 is 0 Å². The van der Waals surface area contributed by atoms with Crippen LogP contribution in [0.25, 0.3) is 0 Å². The number of carbonyl (C=O) groups is 1. The number of allylic oxidation sites excluding steroid dienone is 2. The summed E-state index contributed by atoms with van der Waals surface area (Å²) in [7, 11) is 1.41. The van der Waals surface area contributed by atoms with Crippen molar-refractivity contribution >= 4 is 5.97 Å². The normalized spacial score (nSPS) is 27.0. The molecule has 5 nitrogen and oxygen atoms in total. The molecule has 29 heavy (non-hydrogen) atoms. The van der Waals surface area contributed by atoms with Crippen LogP contribution in [0.2, 0.25) is 0 Å². The molecule has 1 saturated carbocycles. The van der Waals surface area contributed by atoms with Crippen molar-refractivity contribution in [3.8, 4) is 0 Å². The number of esters is 1. The van der Waals surface area contributed by atoms with Crippen molar-refractivity contribution in [3.05, 3.63) is 24.3 Å². The van der Waals surface area contributed by atoms with Crippen LogP contribution in [-0.4, -0.2) is 46.2 Å². The highest BCUT2D eigenvalue weighted by atomic mass is 16.5. The zero-order valence-electron chi connectivity index (χ0n) is 18.6. The van der Waals surface area contributed by atoms with Crippen molar-refractivity contribution in [2.45, 2.75) is 102 Å². The second-order valence-corrected chi connectivity index (χ2v) is 8.67. The molecule has 5 atom stereocenters. The zero-order chi connectivity index (χ0) is 21.7. The summed E-state index contributed by atoms with van der Waals surface area (Å²) in [5.74, 6) is -0.312. The Kier molecular flexibility index (Phi) is 12.4. The molecule has 168 valence electrons. The van der Waals surface area contributed by atoms with Crippen LogP contribution in [0, 0.1) is 11.8 Å². The largest absolute Gasteiger partial charge is 0.469 e.